The number of carbonyl (C=O) groups excluding carboxylic acids is 2. The highest BCUT2D eigenvalue weighted by Gasteiger charge is 2.40. The van der Waals surface area contributed by atoms with Gasteiger partial charge in [0.2, 0.25) is 11.8 Å². The largest absolute Gasteiger partial charge is 0.352 e. The standard InChI is InChI=1S/C26H31ClN4O2S2/c1-6-16(2)28-20(32)14-30-21(33)15-35-23(19-12-9-13-34-19)22-24(26(3,4)5)29-31(25(22)30)18-11-8-7-10-17(18)27/h7-13,16,23H,6,14-15H2,1-5H3,(H,28,32)/t16-,23-/m0/s1. The SMILES string of the molecule is CC[C@H](C)NC(=O)CN1C(=O)CS[C@@H](c2cccs2)c2c(C(C)(C)C)nn(-c3ccccc3Cl)c21. The quantitative estimate of drug-likeness (QED) is 0.426. The first-order valence-electron chi connectivity index (χ1n) is 11.7. The predicted molar refractivity (Wildman–Crippen MR) is 146 cm³/mol. The minimum atomic E-state index is -0.301. The Balaban J connectivity index is 1.98. The van der Waals surface area contributed by atoms with Gasteiger partial charge >= 0.3 is 0 Å². The number of thioether (sulfide) groups is 1. The summed E-state index contributed by atoms with van der Waals surface area (Å²) in [5, 5.41) is 10.6. The Morgan fingerprint density at radius 3 is 2.63 bits per heavy atom. The van der Waals surface area contributed by atoms with Gasteiger partial charge in [-0.1, -0.05) is 57.5 Å². The fourth-order valence-corrected chi connectivity index (χ4v) is 6.49. The molecule has 2 aromatic heterocycles. The molecule has 186 valence electrons. The van der Waals surface area contributed by atoms with E-state index in [-0.39, 0.29) is 40.8 Å². The van der Waals surface area contributed by atoms with Crippen LogP contribution in [0.2, 0.25) is 5.02 Å². The number of nitrogens with zero attached hydrogens (tertiary/aromatic N) is 3. The molecule has 0 fully saturated rings. The molecule has 0 radical (unpaired) electrons. The van der Waals surface area contributed by atoms with Crippen LogP contribution in [0, 0.1) is 0 Å². The van der Waals surface area contributed by atoms with Crippen LogP contribution in [-0.2, 0) is 15.0 Å². The zero-order chi connectivity index (χ0) is 25.3. The van der Waals surface area contributed by atoms with E-state index in [1.54, 1.807) is 32.7 Å². The van der Waals surface area contributed by atoms with Crippen molar-refractivity contribution in [3.63, 3.8) is 0 Å². The van der Waals surface area contributed by atoms with Crippen LogP contribution in [0.3, 0.4) is 0 Å². The highest BCUT2D eigenvalue weighted by atomic mass is 35.5. The summed E-state index contributed by atoms with van der Waals surface area (Å²) in [5.41, 5.74) is 2.23. The summed E-state index contributed by atoms with van der Waals surface area (Å²) in [4.78, 5) is 29.3. The number of anilines is 1. The lowest BCUT2D eigenvalue weighted by atomic mass is 9.88. The van der Waals surface area contributed by atoms with Crippen LogP contribution >= 0.6 is 34.7 Å². The monoisotopic (exact) mass is 530 g/mol. The lowest BCUT2D eigenvalue weighted by Gasteiger charge is -2.25. The second kappa shape index (κ2) is 10.4. The van der Waals surface area contributed by atoms with Crippen LogP contribution < -0.4 is 10.2 Å². The first-order chi connectivity index (χ1) is 16.6. The van der Waals surface area contributed by atoms with E-state index in [2.05, 4.69) is 37.5 Å². The zero-order valence-corrected chi connectivity index (χ0v) is 23.1. The van der Waals surface area contributed by atoms with E-state index in [1.807, 2.05) is 44.2 Å². The van der Waals surface area contributed by atoms with E-state index in [0.717, 1.165) is 22.6 Å². The van der Waals surface area contributed by atoms with Gasteiger partial charge in [0, 0.05) is 21.9 Å². The molecule has 3 heterocycles. The van der Waals surface area contributed by atoms with Gasteiger partial charge in [0.1, 0.15) is 12.4 Å². The van der Waals surface area contributed by atoms with Gasteiger partial charge in [-0.3, -0.25) is 14.5 Å². The number of hydrogen-bond acceptors (Lipinski definition) is 5. The number of fused-ring (bicyclic) bond motifs is 1. The molecule has 1 aliphatic rings. The van der Waals surface area contributed by atoms with E-state index in [9.17, 15) is 9.59 Å². The van der Waals surface area contributed by atoms with Crippen molar-refractivity contribution in [2.75, 3.05) is 17.2 Å². The molecular formula is C26H31ClN4O2S2. The summed E-state index contributed by atoms with van der Waals surface area (Å²) in [6.45, 7) is 10.3. The summed E-state index contributed by atoms with van der Waals surface area (Å²) in [6, 6.07) is 11.6. The van der Waals surface area contributed by atoms with Gasteiger partial charge in [0.25, 0.3) is 0 Å². The molecule has 9 heteroatoms. The lowest BCUT2D eigenvalue weighted by Crippen LogP contribution is -2.44. The third-order valence-electron chi connectivity index (χ3n) is 6.00. The summed E-state index contributed by atoms with van der Waals surface area (Å²) >= 11 is 9.88. The molecule has 0 saturated heterocycles. The molecule has 6 nitrogen and oxygen atoms in total. The average Bonchev–Trinajstić information content (AvgIpc) is 3.44. The van der Waals surface area contributed by atoms with Crippen LogP contribution in [0.15, 0.2) is 41.8 Å². The maximum absolute atomic E-state index is 13.6. The Morgan fingerprint density at radius 1 is 1.26 bits per heavy atom. The lowest BCUT2D eigenvalue weighted by molar-refractivity contribution is -0.123. The van der Waals surface area contributed by atoms with E-state index in [0.29, 0.717) is 16.5 Å². The van der Waals surface area contributed by atoms with E-state index in [1.165, 1.54) is 0 Å². The van der Waals surface area contributed by atoms with Gasteiger partial charge in [-0.2, -0.15) is 5.10 Å². The molecule has 0 bridgehead atoms. The number of aromatic nitrogens is 2. The Labute approximate surface area is 220 Å². The van der Waals surface area contributed by atoms with Gasteiger partial charge in [-0.05, 0) is 36.9 Å². The number of thiophene rings is 1. The number of amides is 2. The molecule has 0 unspecified atom stereocenters. The van der Waals surface area contributed by atoms with Crippen LogP contribution in [0.25, 0.3) is 5.69 Å². The molecule has 2 amide bonds. The van der Waals surface area contributed by atoms with Crippen LogP contribution in [0.1, 0.15) is 62.4 Å². The first-order valence-corrected chi connectivity index (χ1v) is 14.1. The molecule has 35 heavy (non-hydrogen) atoms. The number of benzene rings is 1. The maximum atomic E-state index is 13.6. The van der Waals surface area contributed by atoms with Crippen molar-refractivity contribution < 1.29 is 9.59 Å². The van der Waals surface area contributed by atoms with Crippen molar-refractivity contribution in [3.8, 4) is 5.69 Å². The summed E-state index contributed by atoms with van der Waals surface area (Å²) in [7, 11) is 0. The first kappa shape index (κ1) is 25.8. The minimum Gasteiger partial charge on any atom is -0.352 e. The molecule has 4 rings (SSSR count). The smallest absolute Gasteiger partial charge is 0.240 e. The van der Waals surface area contributed by atoms with E-state index in [4.69, 9.17) is 16.7 Å². The number of rotatable bonds is 6. The molecule has 1 aromatic carbocycles. The minimum absolute atomic E-state index is 0.0240. The predicted octanol–water partition coefficient (Wildman–Crippen LogP) is 5.97. The molecule has 1 aliphatic heterocycles. The molecular weight excluding hydrogens is 500 g/mol. The highest BCUT2D eigenvalue weighted by molar-refractivity contribution is 8.00. The zero-order valence-electron chi connectivity index (χ0n) is 20.7. The van der Waals surface area contributed by atoms with Crippen molar-refractivity contribution in [1.82, 2.24) is 15.1 Å². The summed E-state index contributed by atoms with van der Waals surface area (Å²) < 4.78 is 1.76. The normalized spacial score (nSPS) is 17.1. The van der Waals surface area contributed by atoms with E-state index >= 15 is 0 Å². The number of para-hydroxylation sites is 1. The second-order valence-electron chi connectivity index (χ2n) is 9.76. The maximum Gasteiger partial charge on any atom is 0.240 e. The second-order valence-corrected chi connectivity index (χ2v) is 12.2. The average molecular weight is 531 g/mol. The van der Waals surface area contributed by atoms with Crippen molar-refractivity contribution in [2.24, 2.45) is 0 Å². The Kier molecular flexibility index (Phi) is 7.64. The Hall–Kier alpha value is -2.29. The van der Waals surface area contributed by atoms with Gasteiger partial charge in [-0.25, -0.2) is 4.68 Å². The summed E-state index contributed by atoms with van der Waals surface area (Å²) in [5.74, 6) is 0.571. The fraction of sp³-hybridized carbons (Fsp3) is 0.423. The number of nitrogens with one attached hydrogen (secondary N) is 1. The van der Waals surface area contributed by atoms with Gasteiger partial charge in [0.15, 0.2) is 0 Å². The molecule has 2 atom stereocenters. The highest BCUT2D eigenvalue weighted by Crippen LogP contribution is 2.49. The van der Waals surface area contributed by atoms with Crippen molar-refractivity contribution in [1.29, 1.82) is 0 Å². The van der Waals surface area contributed by atoms with Crippen LogP contribution in [-0.4, -0.2) is 39.9 Å². The Morgan fingerprint density at radius 2 is 2.00 bits per heavy atom. The third kappa shape index (κ3) is 5.29. The Bertz CT molecular complexity index is 1220. The van der Waals surface area contributed by atoms with Crippen molar-refractivity contribution >= 4 is 52.3 Å². The van der Waals surface area contributed by atoms with Gasteiger partial charge in [-0.15, -0.1) is 23.1 Å². The molecule has 3 aromatic rings. The van der Waals surface area contributed by atoms with Gasteiger partial charge in [0.05, 0.1) is 27.4 Å². The number of halogens is 1. The topological polar surface area (TPSA) is 67.2 Å². The van der Waals surface area contributed by atoms with Crippen molar-refractivity contribution in [3.05, 3.63) is 62.9 Å². The number of hydrogen-bond donors (Lipinski definition) is 1. The third-order valence-corrected chi connectivity index (χ3v) is 8.65. The molecule has 0 spiro atoms. The van der Waals surface area contributed by atoms with Gasteiger partial charge < -0.3 is 5.32 Å². The van der Waals surface area contributed by atoms with Crippen LogP contribution in [0.4, 0.5) is 5.82 Å². The summed E-state index contributed by atoms with van der Waals surface area (Å²) in [6.07, 6.45) is 0.812. The van der Waals surface area contributed by atoms with Crippen molar-refractivity contribution in [2.45, 2.75) is 57.7 Å². The molecule has 0 saturated carbocycles. The van der Waals surface area contributed by atoms with E-state index < -0.39 is 0 Å². The molecule has 1 N–H and O–H groups in total. The molecule has 0 aliphatic carbocycles. The number of carbonyl (C=O) groups is 2. The van der Waals surface area contributed by atoms with Crippen LogP contribution in [0.5, 0.6) is 0 Å². The fourth-order valence-electron chi connectivity index (χ4n) is 4.10.